The third-order valence-corrected chi connectivity index (χ3v) is 5.35. The Bertz CT molecular complexity index is 1110. The molecule has 0 saturated carbocycles. The lowest BCUT2D eigenvalue weighted by atomic mass is 10.2. The molecule has 0 atom stereocenters. The highest BCUT2D eigenvalue weighted by atomic mass is 35.5. The van der Waals surface area contributed by atoms with Gasteiger partial charge in [-0.05, 0) is 60.7 Å². The molecule has 4 rings (SSSR count). The van der Waals surface area contributed by atoms with E-state index in [1.807, 2.05) is 5.38 Å². The number of carbonyl (C=O) groups is 1. The molecule has 30 heavy (non-hydrogen) atoms. The van der Waals surface area contributed by atoms with Gasteiger partial charge in [-0.1, -0.05) is 11.6 Å². The molecule has 0 N–H and O–H groups in total. The maximum atomic E-state index is 13.2. The molecule has 0 radical (unpaired) electrons. The molecule has 4 aromatic rings. The van der Waals surface area contributed by atoms with Crippen molar-refractivity contribution in [3.63, 3.8) is 0 Å². The van der Waals surface area contributed by atoms with Crippen LogP contribution < -0.4 is 9.64 Å². The normalized spacial score (nSPS) is 10.7. The summed E-state index contributed by atoms with van der Waals surface area (Å²) >= 11 is 7.19. The molecule has 152 valence electrons. The van der Waals surface area contributed by atoms with Crippen molar-refractivity contribution in [1.29, 1.82) is 0 Å². The minimum absolute atomic E-state index is 0.173. The first-order valence-corrected chi connectivity index (χ1v) is 10.3. The fraction of sp³-hybridized carbons (Fsp3) is 0.0909. The summed E-state index contributed by atoms with van der Waals surface area (Å²) in [6.45, 7) is 0.0417. The number of anilines is 1. The van der Waals surface area contributed by atoms with E-state index in [9.17, 15) is 9.18 Å². The van der Waals surface area contributed by atoms with E-state index in [1.54, 1.807) is 54.8 Å². The number of thiazole rings is 1. The monoisotopic (exact) mass is 442 g/mol. The van der Waals surface area contributed by atoms with E-state index < -0.39 is 0 Å². The van der Waals surface area contributed by atoms with Gasteiger partial charge < -0.3 is 9.15 Å². The van der Waals surface area contributed by atoms with Crippen LogP contribution in [0.25, 0.3) is 11.3 Å². The highest BCUT2D eigenvalue weighted by Crippen LogP contribution is 2.29. The van der Waals surface area contributed by atoms with Crippen molar-refractivity contribution >= 4 is 34.0 Å². The third-order valence-electron chi connectivity index (χ3n) is 4.23. The average molecular weight is 443 g/mol. The van der Waals surface area contributed by atoms with Gasteiger partial charge in [-0.2, -0.15) is 0 Å². The number of nitrogens with zero attached hydrogens (tertiary/aromatic N) is 2. The van der Waals surface area contributed by atoms with E-state index >= 15 is 0 Å². The summed E-state index contributed by atoms with van der Waals surface area (Å²) in [6, 6.07) is 16.4. The summed E-state index contributed by atoms with van der Waals surface area (Å²) in [4.78, 5) is 19.0. The molecule has 0 spiro atoms. The number of amides is 1. The number of rotatable bonds is 7. The van der Waals surface area contributed by atoms with Gasteiger partial charge in [0, 0.05) is 16.0 Å². The van der Waals surface area contributed by atoms with E-state index in [-0.39, 0.29) is 24.9 Å². The SMILES string of the molecule is O=C(COc1ccc(Cl)cc1)N(Cc1ccco1)c1nc(-c2ccc(F)cc2)cs1. The average Bonchev–Trinajstić information content (AvgIpc) is 3.44. The van der Waals surface area contributed by atoms with Gasteiger partial charge in [-0.15, -0.1) is 11.3 Å². The number of aromatic nitrogens is 1. The predicted molar refractivity (Wildman–Crippen MR) is 114 cm³/mol. The number of carbonyl (C=O) groups excluding carboxylic acids is 1. The smallest absolute Gasteiger partial charge is 0.267 e. The Hall–Kier alpha value is -3.16. The molecule has 0 bridgehead atoms. The van der Waals surface area contributed by atoms with Crippen LogP contribution in [-0.4, -0.2) is 17.5 Å². The maximum Gasteiger partial charge on any atom is 0.267 e. The van der Waals surface area contributed by atoms with Gasteiger partial charge in [0.25, 0.3) is 5.91 Å². The van der Waals surface area contributed by atoms with Gasteiger partial charge >= 0.3 is 0 Å². The van der Waals surface area contributed by atoms with Crippen molar-refractivity contribution in [2.24, 2.45) is 0 Å². The Balaban J connectivity index is 1.54. The molecule has 0 unspecified atom stereocenters. The van der Waals surface area contributed by atoms with Crippen LogP contribution in [0.5, 0.6) is 5.75 Å². The second-order valence-corrected chi connectivity index (χ2v) is 7.60. The number of halogens is 2. The zero-order valence-electron chi connectivity index (χ0n) is 15.6. The second kappa shape index (κ2) is 9.11. The molecule has 0 fully saturated rings. The number of furan rings is 1. The second-order valence-electron chi connectivity index (χ2n) is 6.32. The molecule has 0 aliphatic carbocycles. The van der Waals surface area contributed by atoms with E-state index in [0.29, 0.717) is 27.4 Å². The first kappa shape index (κ1) is 20.1. The van der Waals surface area contributed by atoms with Gasteiger partial charge in [0.1, 0.15) is 17.3 Å². The largest absolute Gasteiger partial charge is 0.484 e. The van der Waals surface area contributed by atoms with E-state index in [4.69, 9.17) is 20.8 Å². The highest BCUT2D eigenvalue weighted by molar-refractivity contribution is 7.14. The van der Waals surface area contributed by atoms with Crippen LogP contribution in [0, 0.1) is 5.82 Å². The Labute approximate surface area is 181 Å². The van der Waals surface area contributed by atoms with Crippen LogP contribution >= 0.6 is 22.9 Å². The van der Waals surface area contributed by atoms with Crippen LogP contribution in [0.15, 0.2) is 76.7 Å². The Morgan fingerprint density at radius 1 is 1.13 bits per heavy atom. The van der Waals surface area contributed by atoms with Crippen LogP contribution in [0.2, 0.25) is 5.02 Å². The summed E-state index contributed by atoms with van der Waals surface area (Å²) in [5.74, 6) is 0.565. The van der Waals surface area contributed by atoms with Crippen LogP contribution in [-0.2, 0) is 11.3 Å². The van der Waals surface area contributed by atoms with Crippen molar-refractivity contribution < 1.29 is 18.3 Å². The highest BCUT2D eigenvalue weighted by Gasteiger charge is 2.22. The zero-order valence-corrected chi connectivity index (χ0v) is 17.2. The van der Waals surface area contributed by atoms with Crippen molar-refractivity contribution in [3.8, 4) is 17.0 Å². The number of hydrogen-bond acceptors (Lipinski definition) is 5. The molecule has 2 heterocycles. The lowest BCUT2D eigenvalue weighted by molar-refractivity contribution is -0.120. The minimum Gasteiger partial charge on any atom is -0.484 e. The molecule has 0 aliphatic heterocycles. The molecular weight excluding hydrogens is 427 g/mol. The minimum atomic E-state index is -0.317. The van der Waals surface area contributed by atoms with Crippen LogP contribution in [0.3, 0.4) is 0 Å². The van der Waals surface area contributed by atoms with Crippen molar-refractivity contribution in [1.82, 2.24) is 4.98 Å². The summed E-state index contributed by atoms with van der Waals surface area (Å²) in [5, 5.41) is 2.91. The van der Waals surface area contributed by atoms with E-state index in [2.05, 4.69) is 4.98 Å². The topological polar surface area (TPSA) is 55.6 Å². The molecule has 5 nitrogen and oxygen atoms in total. The quantitative estimate of drug-likeness (QED) is 0.362. The first-order chi connectivity index (χ1) is 14.6. The maximum absolute atomic E-state index is 13.2. The molecule has 8 heteroatoms. The van der Waals surface area contributed by atoms with E-state index in [1.165, 1.54) is 28.4 Å². The van der Waals surface area contributed by atoms with Gasteiger partial charge in [0.15, 0.2) is 11.7 Å². The fourth-order valence-electron chi connectivity index (χ4n) is 2.72. The Morgan fingerprint density at radius 2 is 1.90 bits per heavy atom. The summed E-state index contributed by atoms with van der Waals surface area (Å²) in [5.41, 5.74) is 1.42. The number of ether oxygens (including phenoxy) is 1. The first-order valence-electron chi connectivity index (χ1n) is 9.01. The van der Waals surface area contributed by atoms with Crippen molar-refractivity contribution in [2.45, 2.75) is 6.54 Å². The summed E-state index contributed by atoms with van der Waals surface area (Å²) in [6.07, 6.45) is 1.55. The molecule has 1 amide bonds. The molecular formula is C22H16ClFN2O3S. The van der Waals surface area contributed by atoms with Gasteiger partial charge in [0.05, 0.1) is 18.5 Å². The van der Waals surface area contributed by atoms with Crippen molar-refractivity contribution in [3.05, 3.63) is 88.9 Å². The molecule has 2 aromatic carbocycles. The summed E-state index contributed by atoms with van der Waals surface area (Å²) < 4.78 is 24.2. The number of hydrogen-bond donors (Lipinski definition) is 0. The third kappa shape index (κ3) is 4.87. The number of benzene rings is 2. The van der Waals surface area contributed by atoms with Gasteiger partial charge in [-0.25, -0.2) is 9.37 Å². The van der Waals surface area contributed by atoms with Gasteiger partial charge in [-0.3, -0.25) is 9.69 Å². The van der Waals surface area contributed by atoms with Crippen LogP contribution in [0.1, 0.15) is 5.76 Å². The lowest BCUT2D eigenvalue weighted by Gasteiger charge is -2.19. The predicted octanol–water partition coefficient (Wildman–Crippen LogP) is 5.81. The molecule has 2 aromatic heterocycles. The fourth-order valence-corrected chi connectivity index (χ4v) is 3.69. The molecule has 0 aliphatic rings. The molecule has 0 saturated heterocycles. The Kier molecular flexibility index (Phi) is 6.11. The Morgan fingerprint density at radius 3 is 2.60 bits per heavy atom. The van der Waals surface area contributed by atoms with Gasteiger partial charge in [0.2, 0.25) is 0 Å². The van der Waals surface area contributed by atoms with E-state index in [0.717, 1.165) is 5.56 Å². The summed E-state index contributed by atoms with van der Waals surface area (Å²) in [7, 11) is 0. The standard InChI is InChI=1S/C22H16ClFN2O3S/c23-16-5-9-18(10-6-16)29-13-21(27)26(12-19-2-1-11-28-19)22-25-20(14-30-22)15-3-7-17(24)8-4-15/h1-11,14H,12-13H2. The van der Waals surface area contributed by atoms with Crippen molar-refractivity contribution in [2.75, 3.05) is 11.5 Å². The van der Waals surface area contributed by atoms with Crippen LogP contribution in [0.4, 0.5) is 9.52 Å². The lowest BCUT2D eigenvalue weighted by Crippen LogP contribution is -2.34. The zero-order chi connectivity index (χ0) is 20.9.